The van der Waals surface area contributed by atoms with E-state index in [0.717, 1.165) is 35.1 Å². The number of nitrogens with one attached hydrogen (secondary N) is 1. The maximum atomic E-state index is 12.4. The molecule has 8 nitrogen and oxygen atoms in total. The molecule has 2 aliphatic heterocycles. The molecule has 1 N–H and O–H groups in total. The van der Waals surface area contributed by atoms with Gasteiger partial charge < -0.3 is 19.7 Å². The fourth-order valence-corrected chi connectivity index (χ4v) is 4.77. The Hall–Kier alpha value is -3.68. The molecule has 0 bridgehead atoms. The van der Waals surface area contributed by atoms with E-state index in [9.17, 15) is 9.59 Å². The first kappa shape index (κ1) is 24.0. The van der Waals surface area contributed by atoms with Gasteiger partial charge in [0, 0.05) is 24.4 Å². The monoisotopic (exact) mass is 488 g/mol. The molecule has 3 aromatic rings. The number of hydrogen-bond donors (Lipinski definition) is 1. The number of carbonyl (C=O) groups excluding carboxylic acids is 2. The zero-order chi connectivity index (χ0) is 25.6. The number of cyclic esters (lactones) is 1. The molecule has 1 saturated heterocycles. The van der Waals surface area contributed by atoms with E-state index in [-0.39, 0.29) is 23.9 Å². The number of aryl methyl sites for hydroxylation is 1. The maximum absolute atomic E-state index is 12.4. The third-order valence-electron chi connectivity index (χ3n) is 7.27. The molecule has 36 heavy (non-hydrogen) atoms. The van der Waals surface area contributed by atoms with E-state index in [1.807, 2.05) is 39.1 Å². The van der Waals surface area contributed by atoms with Crippen molar-refractivity contribution in [1.29, 1.82) is 0 Å². The van der Waals surface area contributed by atoms with Gasteiger partial charge in [-0.15, -0.1) is 0 Å². The highest BCUT2D eigenvalue weighted by molar-refractivity contribution is 5.94. The highest BCUT2D eigenvalue weighted by Crippen LogP contribution is 2.38. The van der Waals surface area contributed by atoms with Crippen LogP contribution in [0.25, 0.3) is 10.8 Å². The highest BCUT2D eigenvalue weighted by Gasteiger charge is 2.40. The summed E-state index contributed by atoms with van der Waals surface area (Å²) in [6, 6.07) is 9.68. The lowest BCUT2D eigenvalue weighted by Crippen LogP contribution is -2.55. The summed E-state index contributed by atoms with van der Waals surface area (Å²) in [5.74, 6) is 1.75. The molecular weight excluding hydrogens is 456 g/mol. The van der Waals surface area contributed by atoms with E-state index < -0.39 is 5.60 Å². The van der Waals surface area contributed by atoms with Crippen LogP contribution in [0.3, 0.4) is 0 Å². The Kier molecular flexibility index (Phi) is 6.06. The Morgan fingerprint density at radius 1 is 1.19 bits per heavy atom. The lowest BCUT2D eigenvalue weighted by molar-refractivity contribution is -0.137. The molecule has 0 radical (unpaired) electrons. The number of benzene rings is 1. The lowest BCUT2D eigenvalue weighted by Gasteiger charge is -2.38. The molecule has 1 unspecified atom stereocenters. The van der Waals surface area contributed by atoms with E-state index in [2.05, 4.69) is 23.3 Å². The Labute approximate surface area is 211 Å². The molecule has 1 atom stereocenters. The molecule has 0 spiro atoms. The Morgan fingerprint density at radius 3 is 2.69 bits per heavy atom. The van der Waals surface area contributed by atoms with Gasteiger partial charge in [-0.3, -0.25) is 4.79 Å². The minimum atomic E-state index is -0.621. The van der Waals surface area contributed by atoms with Crippen molar-refractivity contribution in [2.45, 2.75) is 65.1 Å². The molecule has 2 aliphatic rings. The predicted octanol–water partition coefficient (Wildman–Crippen LogP) is 4.99. The summed E-state index contributed by atoms with van der Waals surface area (Å²) in [5.41, 5.74) is 1.83. The number of pyridine rings is 2. The van der Waals surface area contributed by atoms with Crippen LogP contribution in [0.4, 0.5) is 11.6 Å². The van der Waals surface area contributed by atoms with E-state index in [4.69, 9.17) is 14.5 Å². The van der Waals surface area contributed by atoms with Crippen LogP contribution in [0.1, 0.15) is 68.6 Å². The van der Waals surface area contributed by atoms with Gasteiger partial charge in [0.25, 0.3) is 0 Å². The smallest absolute Gasteiger partial charge is 0.340 e. The van der Waals surface area contributed by atoms with E-state index in [1.165, 1.54) is 5.56 Å². The van der Waals surface area contributed by atoms with Crippen LogP contribution in [0.5, 0.6) is 5.75 Å². The van der Waals surface area contributed by atoms with Crippen molar-refractivity contribution in [3.8, 4) is 5.75 Å². The fourth-order valence-electron chi connectivity index (χ4n) is 4.77. The second-order valence-electron chi connectivity index (χ2n) is 10.2. The van der Waals surface area contributed by atoms with Gasteiger partial charge in [-0.2, -0.15) is 0 Å². The van der Waals surface area contributed by atoms with Gasteiger partial charge in [-0.25, -0.2) is 14.8 Å². The fraction of sp³-hybridized carbons (Fsp3) is 0.429. The predicted molar refractivity (Wildman–Crippen MR) is 138 cm³/mol. The summed E-state index contributed by atoms with van der Waals surface area (Å²) >= 11 is 0. The number of aromatic nitrogens is 2. The summed E-state index contributed by atoms with van der Waals surface area (Å²) in [6.07, 6.45) is 3.78. The number of hydrogen-bond acceptors (Lipinski definition) is 7. The molecule has 0 saturated carbocycles. The Bertz CT molecular complexity index is 1350. The van der Waals surface area contributed by atoms with Crippen LogP contribution in [-0.4, -0.2) is 51.5 Å². The molecule has 1 aromatic carbocycles. The minimum Gasteiger partial charge on any atom is -0.486 e. The first-order valence-corrected chi connectivity index (χ1v) is 12.5. The molecular formula is C28H32N4O4. The maximum Gasteiger partial charge on any atom is 0.340 e. The zero-order valence-corrected chi connectivity index (χ0v) is 21.4. The van der Waals surface area contributed by atoms with Crippen LogP contribution < -0.4 is 10.1 Å². The largest absolute Gasteiger partial charge is 0.486 e. The van der Waals surface area contributed by atoms with Gasteiger partial charge in [-0.05, 0) is 55.5 Å². The second kappa shape index (κ2) is 9.08. The van der Waals surface area contributed by atoms with Crippen molar-refractivity contribution in [3.05, 3.63) is 53.3 Å². The van der Waals surface area contributed by atoms with Gasteiger partial charge in [0.05, 0.1) is 24.3 Å². The molecule has 0 aliphatic carbocycles. The molecule has 2 aromatic heterocycles. The normalized spacial score (nSPS) is 18.9. The van der Waals surface area contributed by atoms with Gasteiger partial charge >= 0.3 is 5.97 Å². The molecule has 188 valence electrons. The summed E-state index contributed by atoms with van der Waals surface area (Å²) in [6.45, 7) is 10.8. The third kappa shape index (κ3) is 4.36. The number of esters is 1. The van der Waals surface area contributed by atoms with Crippen LogP contribution in [-0.2, 0) is 16.0 Å². The molecule has 8 heteroatoms. The highest BCUT2D eigenvalue weighted by atomic mass is 16.6. The summed E-state index contributed by atoms with van der Waals surface area (Å²) in [4.78, 5) is 35.1. The quantitative estimate of drug-likeness (QED) is 0.489. The van der Waals surface area contributed by atoms with Crippen molar-refractivity contribution in [2.24, 2.45) is 0 Å². The van der Waals surface area contributed by atoms with E-state index in [1.54, 1.807) is 24.0 Å². The van der Waals surface area contributed by atoms with Gasteiger partial charge in [0.15, 0.2) is 0 Å². The van der Waals surface area contributed by atoms with Crippen LogP contribution >= 0.6 is 0 Å². The van der Waals surface area contributed by atoms with Crippen molar-refractivity contribution in [3.63, 3.8) is 0 Å². The van der Waals surface area contributed by atoms with Crippen LogP contribution in [0.15, 0.2) is 36.5 Å². The summed E-state index contributed by atoms with van der Waals surface area (Å²) in [5, 5.41) is 5.34. The van der Waals surface area contributed by atoms with Gasteiger partial charge in [0.2, 0.25) is 5.91 Å². The van der Waals surface area contributed by atoms with Gasteiger partial charge in [-0.1, -0.05) is 26.3 Å². The SMILES string of the molecule is CCCc1ccc(OC2CN(C(C)=O)C2)c2cnc(Nc3ccc4c(n3)C(C)C(C)(C)OC4=O)cc12. The second-order valence-corrected chi connectivity index (χ2v) is 10.2. The number of anilines is 2. The standard InChI is InChI=1S/C28H32N4O4/c1-6-7-18-8-10-23(35-19-14-32(15-19)17(3)33)22-13-29-25(12-21(18)22)30-24-11-9-20-26(31-24)16(2)28(4,5)36-27(20)34/h8-13,16,19H,6-7,14-15H2,1-5H3,(H,29,30,31). The Morgan fingerprint density at radius 2 is 1.97 bits per heavy atom. The average Bonchev–Trinajstić information content (AvgIpc) is 2.80. The average molecular weight is 489 g/mol. The van der Waals surface area contributed by atoms with E-state index in [0.29, 0.717) is 30.3 Å². The number of nitrogens with zero attached hydrogens (tertiary/aromatic N) is 3. The molecule has 1 amide bonds. The first-order valence-electron chi connectivity index (χ1n) is 12.5. The van der Waals surface area contributed by atoms with E-state index >= 15 is 0 Å². The van der Waals surface area contributed by atoms with Crippen LogP contribution in [0.2, 0.25) is 0 Å². The minimum absolute atomic E-state index is 0.00967. The topological polar surface area (TPSA) is 93.7 Å². The number of ether oxygens (including phenoxy) is 2. The van der Waals surface area contributed by atoms with Crippen molar-refractivity contribution in [2.75, 3.05) is 18.4 Å². The van der Waals surface area contributed by atoms with Crippen molar-refractivity contribution < 1.29 is 19.1 Å². The van der Waals surface area contributed by atoms with Crippen molar-refractivity contribution >= 4 is 34.3 Å². The molecule has 4 heterocycles. The Balaban J connectivity index is 1.44. The van der Waals surface area contributed by atoms with Gasteiger partial charge in [0.1, 0.15) is 29.1 Å². The number of likely N-dealkylation sites (tertiary alicyclic amines) is 1. The lowest BCUT2D eigenvalue weighted by atomic mass is 9.84. The third-order valence-corrected chi connectivity index (χ3v) is 7.27. The number of amides is 1. The summed E-state index contributed by atoms with van der Waals surface area (Å²) < 4.78 is 11.8. The molecule has 1 fully saturated rings. The zero-order valence-electron chi connectivity index (χ0n) is 21.4. The molecule has 5 rings (SSSR count). The number of carbonyl (C=O) groups is 2. The number of rotatable bonds is 6. The number of fused-ring (bicyclic) bond motifs is 2. The summed E-state index contributed by atoms with van der Waals surface area (Å²) in [7, 11) is 0. The van der Waals surface area contributed by atoms with Crippen LogP contribution in [0, 0.1) is 0 Å². The van der Waals surface area contributed by atoms with Crippen molar-refractivity contribution in [1.82, 2.24) is 14.9 Å². The first-order chi connectivity index (χ1) is 17.2.